The van der Waals surface area contributed by atoms with E-state index in [2.05, 4.69) is 43.3 Å². The Labute approximate surface area is 308 Å². The first-order valence-electron chi connectivity index (χ1n) is 19.9. The van der Waals surface area contributed by atoms with Gasteiger partial charge in [-0.25, -0.2) is 4.79 Å². The second-order valence-electron chi connectivity index (χ2n) is 13.9. The van der Waals surface area contributed by atoms with E-state index in [-0.39, 0.29) is 19.2 Å². The van der Waals surface area contributed by atoms with Crippen LogP contribution in [-0.2, 0) is 19.8 Å². The van der Waals surface area contributed by atoms with Crippen LogP contribution in [0, 0.1) is 0 Å². The van der Waals surface area contributed by atoms with Gasteiger partial charge in [0.15, 0.2) is 0 Å². The maximum Gasteiger partial charge on any atom is 0.338 e. The summed E-state index contributed by atoms with van der Waals surface area (Å²) in [6, 6.07) is 40.0. The van der Waals surface area contributed by atoms with Crippen LogP contribution in [0.15, 0.2) is 121 Å². The van der Waals surface area contributed by atoms with Gasteiger partial charge < -0.3 is 14.2 Å². The van der Waals surface area contributed by atoms with E-state index in [4.69, 9.17) is 14.2 Å². The largest absolute Gasteiger partial charge is 0.454 e. The molecule has 0 spiro atoms. The molecule has 4 aromatic rings. The van der Waals surface area contributed by atoms with E-state index in [1.54, 1.807) is 12.1 Å². The molecule has 0 aliphatic heterocycles. The maximum absolute atomic E-state index is 13.2. The van der Waals surface area contributed by atoms with Gasteiger partial charge >= 0.3 is 5.97 Å². The summed E-state index contributed by atoms with van der Waals surface area (Å²) in [5, 5.41) is 0. The first kappa shape index (κ1) is 40.0. The highest BCUT2D eigenvalue weighted by atomic mass is 16.6. The fourth-order valence-corrected chi connectivity index (χ4v) is 6.86. The third-order valence-corrected chi connectivity index (χ3v) is 9.76. The predicted octanol–water partition coefficient (Wildman–Crippen LogP) is 12.5. The molecule has 0 radical (unpaired) electrons. The van der Waals surface area contributed by atoms with Gasteiger partial charge in [0.1, 0.15) is 11.7 Å². The van der Waals surface area contributed by atoms with E-state index >= 15 is 0 Å². The molecule has 4 aromatic carbocycles. The Kier molecular flexibility index (Phi) is 19.2. The molecular formula is C47H62O4. The van der Waals surface area contributed by atoms with E-state index in [0.717, 1.165) is 29.5 Å². The summed E-state index contributed by atoms with van der Waals surface area (Å²) in [5.74, 6) is -0.375. The average Bonchev–Trinajstić information content (AvgIpc) is 3.19. The SMILES string of the molecule is CCCCCCCCCCCCCCCCCCOCC(COC(c1ccccc1)(c1ccccc1)c1ccccc1)OC(=O)c1ccccc1. The van der Waals surface area contributed by atoms with Gasteiger partial charge in [-0.1, -0.05) is 212 Å². The summed E-state index contributed by atoms with van der Waals surface area (Å²) in [5.41, 5.74) is 2.62. The van der Waals surface area contributed by atoms with Crippen LogP contribution in [0.1, 0.15) is 137 Å². The molecule has 0 aliphatic carbocycles. The summed E-state index contributed by atoms with van der Waals surface area (Å²) < 4.78 is 19.3. The van der Waals surface area contributed by atoms with Crippen LogP contribution in [0.2, 0.25) is 0 Å². The van der Waals surface area contributed by atoms with Crippen molar-refractivity contribution in [3.8, 4) is 0 Å². The lowest BCUT2D eigenvalue weighted by molar-refractivity contribution is -0.0737. The second-order valence-corrected chi connectivity index (χ2v) is 13.9. The van der Waals surface area contributed by atoms with Crippen molar-refractivity contribution in [3.63, 3.8) is 0 Å². The van der Waals surface area contributed by atoms with Crippen molar-refractivity contribution < 1.29 is 19.0 Å². The van der Waals surface area contributed by atoms with Gasteiger partial charge in [0, 0.05) is 6.61 Å². The van der Waals surface area contributed by atoms with Gasteiger partial charge in [0.2, 0.25) is 0 Å². The van der Waals surface area contributed by atoms with E-state index in [1.807, 2.05) is 72.8 Å². The molecule has 4 rings (SSSR count). The maximum atomic E-state index is 13.2. The van der Waals surface area contributed by atoms with Gasteiger partial charge in [0.25, 0.3) is 0 Å². The number of carbonyl (C=O) groups is 1. The van der Waals surface area contributed by atoms with Gasteiger partial charge in [-0.05, 0) is 35.2 Å². The summed E-state index contributed by atoms with van der Waals surface area (Å²) in [7, 11) is 0. The Balaban J connectivity index is 1.27. The zero-order chi connectivity index (χ0) is 35.7. The van der Waals surface area contributed by atoms with E-state index in [1.165, 1.54) is 89.9 Å². The van der Waals surface area contributed by atoms with Crippen LogP contribution in [-0.4, -0.2) is 31.9 Å². The molecule has 51 heavy (non-hydrogen) atoms. The number of ether oxygens (including phenoxy) is 3. The predicted molar refractivity (Wildman–Crippen MR) is 211 cm³/mol. The number of rotatable bonds is 27. The molecule has 274 valence electrons. The summed E-state index contributed by atoms with van der Waals surface area (Å²) in [6.07, 6.45) is 20.8. The monoisotopic (exact) mass is 690 g/mol. The number of carbonyl (C=O) groups excluding carboxylic acids is 1. The molecule has 0 fully saturated rings. The van der Waals surface area contributed by atoms with E-state index < -0.39 is 11.7 Å². The van der Waals surface area contributed by atoms with Crippen LogP contribution in [0.5, 0.6) is 0 Å². The average molecular weight is 691 g/mol. The normalized spacial score (nSPS) is 12.1. The number of hydrogen-bond donors (Lipinski definition) is 0. The molecule has 1 unspecified atom stereocenters. The minimum atomic E-state index is -0.908. The number of esters is 1. The van der Waals surface area contributed by atoms with Crippen LogP contribution >= 0.6 is 0 Å². The van der Waals surface area contributed by atoms with Crippen molar-refractivity contribution in [3.05, 3.63) is 144 Å². The molecular weight excluding hydrogens is 629 g/mol. The van der Waals surface area contributed by atoms with Crippen molar-refractivity contribution in [1.29, 1.82) is 0 Å². The van der Waals surface area contributed by atoms with Crippen LogP contribution in [0.3, 0.4) is 0 Å². The molecule has 4 nitrogen and oxygen atoms in total. The minimum absolute atomic E-state index is 0.163. The fraction of sp³-hybridized carbons (Fsp3) is 0.468. The second kappa shape index (κ2) is 24.5. The van der Waals surface area contributed by atoms with Gasteiger partial charge in [-0.3, -0.25) is 0 Å². The highest BCUT2D eigenvalue weighted by Gasteiger charge is 2.38. The number of hydrogen-bond acceptors (Lipinski definition) is 4. The third-order valence-electron chi connectivity index (χ3n) is 9.76. The standard InChI is InChI=1S/C47H62O4/c1-2-3-4-5-6-7-8-9-10-11-12-13-14-15-16-29-38-49-39-45(51-46(48)41-30-21-17-22-31-41)40-50-47(42-32-23-18-24-33-42,43-34-25-19-26-35-43)44-36-27-20-28-37-44/h17-28,30-37,45H,2-16,29,38-40H2,1H3. The van der Waals surface area contributed by atoms with Crippen LogP contribution in [0.4, 0.5) is 0 Å². The first-order chi connectivity index (χ1) is 25.2. The van der Waals surface area contributed by atoms with Crippen LogP contribution < -0.4 is 0 Å². The summed E-state index contributed by atoms with van der Waals surface area (Å²) >= 11 is 0. The zero-order valence-corrected chi connectivity index (χ0v) is 31.2. The van der Waals surface area contributed by atoms with Crippen LogP contribution in [0.25, 0.3) is 0 Å². The van der Waals surface area contributed by atoms with E-state index in [0.29, 0.717) is 12.2 Å². The summed E-state index contributed by atoms with van der Waals surface area (Å²) in [4.78, 5) is 13.2. The lowest BCUT2D eigenvalue weighted by atomic mass is 9.80. The molecule has 0 aliphatic rings. The van der Waals surface area contributed by atoms with Gasteiger partial charge in [-0.2, -0.15) is 0 Å². The molecule has 0 heterocycles. The van der Waals surface area contributed by atoms with Crippen molar-refractivity contribution in [2.75, 3.05) is 19.8 Å². The lowest BCUT2D eigenvalue weighted by Crippen LogP contribution is -2.38. The topological polar surface area (TPSA) is 44.8 Å². The van der Waals surface area contributed by atoms with Crippen molar-refractivity contribution >= 4 is 5.97 Å². The molecule has 0 aromatic heterocycles. The quantitative estimate of drug-likeness (QED) is 0.0355. The van der Waals surface area contributed by atoms with Crippen molar-refractivity contribution in [1.82, 2.24) is 0 Å². The Hall–Kier alpha value is -3.73. The van der Waals surface area contributed by atoms with E-state index in [9.17, 15) is 4.79 Å². The molecule has 1 atom stereocenters. The molecule has 4 heteroatoms. The Morgan fingerprint density at radius 3 is 1.27 bits per heavy atom. The lowest BCUT2D eigenvalue weighted by Gasteiger charge is -2.37. The Morgan fingerprint density at radius 2 is 0.863 bits per heavy atom. The molecule has 0 bridgehead atoms. The minimum Gasteiger partial charge on any atom is -0.454 e. The number of unbranched alkanes of at least 4 members (excludes halogenated alkanes) is 15. The highest BCUT2D eigenvalue weighted by Crippen LogP contribution is 2.40. The third kappa shape index (κ3) is 14.1. The first-order valence-corrected chi connectivity index (χ1v) is 19.9. The molecule has 0 saturated heterocycles. The zero-order valence-electron chi connectivity index (χ0n) is 31.2. The molecule has 0 N–H and O–H groups in total. The smallest absolute Gasteiger partial charge is 0.338 e. The number of benzene rings is 4. The Morgan fingerprint density at radius 1 is 0.490 bits per heavy atom. The molecule has 0 amide bonds. The van der Waals surface area contributed by atoms with Gasteiger partial charge in [-0.15, -0.1) is 0 Å². The summed E-state index contributed by atoms with van der Waals surface area (Å²) in [6.45, 7) is 3.36. The highest BCUT2D eigenvalue weighted by molar-refractivity contribution is 5.89. The van der Waals surface area contributed by atoms with Crippen molar-refractivity contribution in [2.24, 2.45) is 0 Å². The van der Waals surface area contributed by atoms with Gasteiger partial charge in [0.05, 0.1) is 18.8 Å². The fourth-order valence-electron chi connectivity index (χ4n) is 6.86. The van der Waals surface area contributed by atoms with Crippen molar-refractivity contribution in [2.45, 2.75) is 121 Å². The molecule has 0 saturated carbocycles. The Bertz CT molecular complexity index is 1330.